The molecule has 1 atom stereocenters. The molecule has 0 fully saturated rings. The van der Waals surface area contributed by atoms with E-state index in [0.29, 0.717) is 22.3 Å². The number of rotatable bonds is 6. The summed E-state index contributed by atoms with van der Waals surface area (Å²) >= 11 is 0.420. The van der Waals surface area contributed by atoms with Gasteiger partial charge in [0, 0.05) is 4.90 Å². The van der Waals surface area contributed by atoms with Gasteiger partial charge in [-0.05, 0) is 47.5 Å². The molecule has 3 aromatic rings. The number of alkyl halides is 2. The highest BCUT2D eigenvalue weighted by Crippen LogP contribution is 2.32. The van der Waals surface area contributed by atoms with Crippen molar-refractivity contribution in [3.63, 3.8) is 0 Å². The highest BCUT2D eigenvalue weighted by molar-refractivity contribution is 7.99. The van der Waals surface area contributed by atoms with Crippen molar-refractivity contribution in [3.8, 4) is 5.75 Å². The van der Waals surface area contributed by atoms with E-state index < -0.39 is 11.7 Å². The standard InChI is InChI=1S/C21H19F2NO2S/c1-13(14-7-8-16-12-17(26-2)10-9-15(16)11-14)20(25)24-18-5-3-4-6-19(18)27-21(22)23/h3-13,21H,1-2H3,(H,24,25)/t13-/m0/s1. The summed E-state index contributed by atoms with van der Waals surface area (Å²) < 4.78 is 30.6. The summed E-state index contributed by atoms with van der Waals surface area (Å²) in [6.07, 6.45) is 0. The van der Waals surface area contributed by atoms with Gasteiger partial charge in [0.1, 0.15) is 5.75 Å². The minimum atomic E-state index is -2.54. The fraction of sp³-hybridized carbons (Fsp3) is 0.190. The number of methoxy groups -OCH3 is 1. The third-order valence-electron chi connectivity index (χ3n) is 4.33. The van der Waals surface area contributed by atoms with Crippen molar-refractivity contribution in [3.05, 3.63) is 66.2 Å². The summed E-state index contributed by atoms with van der Waals surface area (Å²) in [6.45, 7) is 1.79. The first-order valence-corrected chi connectivity index (χ1v) is 9.28. The Morgan fingerprint density at radius 2 is 1.74 bits per heavy atom. The van der Waals surface area contributed by atoms with Gasteiger partial charge in [-0.15, -0.1) is 0 Å². The van der Waals surface area contributed by atoms with Crippen LogP contribution in [0.4, 0.5) is 14.5 Å². The van der Waals surface area contributed by atoms with E-state index in [1.165, 1.54) is 0 Å². The van der Waals surface area contributed by atoms with Crippen molar-refractivity contribution in [2.45, 2.75) is 23.5 Å². The van der Waals surface area contributed by atoms with Crippen molar-refractivity contribution in [2.75, 3.05) is 12.4 Å². The van der Waals surface area contributed by atoms with E-state index in [-0.39, 0.29) is 5.91 Å². The second kappa shape index (κ2) is 8.39. The maximum atomic E-state index is 12.7. The number of benzene rings is 3. The largest absolute Gasteiger partial charge is 0.497 e. The van der Waals surface area contributed by atoms with Crippen LogP contribution in [0.25, 0.3) is 10.8 Å². The average molecular weight is 387 g/mol. The van der Waals surface area contributed by atoms with Gasteiger partial charge in [-0.2, -0.15) is 8.78 Å². The normalized spacial score (nSPS) is 12.2. The summed E-state index contributed by atoms with van der Waals surface area (Å²) in [5.41, 5.74) is 1.24. The lowest BCUT2D eigenvalue weighted by Crippen LogP contribution is -2.19. The molecule has 0 aliphatic rings. The molecule has 0 spiro atoms. The molecule has 140 valence electrons. The Bertz CT molecular complexity index is 962. The zero-order valence-electron chi connectivity index (χ0n) is 14.9. The lowest BCUT2D eigenvalue weighted by molar-refractivity contribution is -0.117. The van der Waals surface area contributed by atoms with Crippen molar-refractivity contribution < 1.29 is 18.3 Å². The van der Waals surface area contributed by atoms with Crippen LogP contribution < -0.4 is 10.1 Å². The van der Waals surface area contributed by atoms with Crippen LogP contribution in [-0.2, 0) is 4.79 Å². The number of carbonyl (C=O) groups excluding carboxylic acids is 1. The van der Waals surface area contributed by atoms with Crippen LogP contribution >= 0.6 is 11.8 Å². The molecular formula is C21H19F2NO2S. The monoisotopic (exact) mass is 387 g/mol. The van der Waals surface area contributed by atoms with E-state index in [9.17, 15) is 13.6 Å². The number of carbonyl (C=O) groups is 1. The van der Waals surface area contributed by atoms with Crippen LogP contribution in [-0.4, -0.2) is 18.8 Å². The summed E-state index contributed by atoms with van der Waals surface area (Å²) in [4.78, 5) is 13.0. The lowest BCUT2D eigenvalue weighted by atomic mass is 9.97. The summed E-state index contributed by atoms with van der Waals surface area (Å²) in [6, 6.07) is 18.1. The number of anilines is 1. The Labute approximate surface area is 160 Å². The molecule has 0 aliphatic carbocycles. The number of nitrogens with one attached hydrogen (secondary N) is 1. The van der Waals surface area contributed by atoms with Crippen LogP contribution in [0.5, 0.6) is 5.75 Å². The van der Waals surface area contributed by atoms with Gasteiger partial charge in [0.05, 0.1) is 18.7 Å². The third-order valence-corrected chi connectivity index (χ3v) is 5.11. The molecule has 1 N–H and O–H groups in total. The van der Waals surface area contributed by atoms with Gasteiger partial charge in [-0.3, -0.25) is 4.79 Å². The number of halogens is 2. The SMILES string of the molecule is COc1ccc2cc([C@H](C)C(=O)Nc3ccccc3SC(F)F)ccc2c1. The first-order chi connectivity index (χ1) is 13.0. The molecule has 0 saturated heterocycles. The molecule has 27 heavy (non-hydrogen) atoms. The van der Waals surface area contributed by atoms with Crippen LogP contribution in [0.2, 0.25) is 0 Å². The minimum absolute atomic E-state index is 0.245. The maximum absolute atomic E-state index is 12.7. The smallest absolute Gasteiger partial charge is 0.288 e. The fourth-order valence-electron chi connectivity index (χ4n) is 2.80. The number of hydrogen-bond donors (Lipinski definition) is 1. The molecule has 0 aliphatic heterocycles. The number of amides is 1. The molecule has 0 aromatic heterocycles. The highest BCUT2D eigenvalue weighted by Gasteiger charge is 2.18. The topological polar surface area (TPSA) is 38.3 Å². The van der Waals surface area contributed by atoms with E-state index in [1.54, 1.807) is 38.3 Å². The maximum Gasteiger partial charge on any atom is 0.288 e. The first kappa shape index (κ1) is 19.2. The fourth-order valence-corrected chi connectivity index (χ4v) is 3.39. The van der Waals surface area contributed by atoms with Crippen LogP contribution in [0, 0.1) is 0 Å². The molecular weight excluding hydrogens is 368 g/mol. The highest BCUT2D eigenvalue weighted by atomic mass is 32.2. The minimum Gasteiger partial charge on any atom is -0.497 e. The van der Waals surface area contributed by atoms with E-state index in [0.717, 1.165) is 22.1 Å². The first-order valence-electron chi connectivity index (χ1n) is 8.40. The Balaban J connectivity index is 1.80. The van der Waals surface area contributed by atoms with Crippen LogP contribution in [0.1, 0.15) is 18.4 Å². The van der Waals surface area contributed by atoms with Crippen LogP contribution in [0.3, 0.4) is 0 Å². The number of thioether (sulfide) groups is 1. The Morgan fingerprint density at radius 1 is 1.04 bits per heavy atom. The third kappa shape index (κ3) is 4.57. The van der Waals surface area contributed by atoms with Gasteiger partial charge < -0.3 is 10.1 Å². The van der Waals surface area contributed by atoms with E-state index in [1.807, 2.05) is 36.4 Å². The van der Waals surface area contributed by atoms with E-state index in [4.69, 9.17) is 4.74 Å². The molecule has 3 nitrogen and oxygen atoms in total. The van der Waals surface area contributed by atoms with E-state index >= 15 is 0 Å². The molecule has 0 radical (unpaired) electrons. The van der Waals surface area contributed by atoms with Crippen molar-refractivity contribution >= 4 is 34.1 Å². The zero-order chi connectivity index (χ0) is 19.4. The van der Waals surface area contributed by atoms with Gasteiger partial charge in [0.25, 0.3) is 5.76 Å². The van der Waals surface area contributed by atoms with E-state index in [2.05, 4.69) is 5.32 Å². The molecule has 6 heteroatoms. The Kier molecular flexibility index (Phi) is 5.96. The summed E-state index contributed by atoms with van der Waals surface area (Å²) in [5, 5.41) is 4.79. The van der Waals surface area contributed by atoms with Crippen molar-refractivity contribution in [2.24, 2.45) is 0 Å². The summed E-state index contributed by atoms with van der Waals surface area (Å²) in [5.74, 6) is -2.45. The van der Waals surface area contributed by atoms with Gasteiger partial charge in [-0.1, -0.05) is 48.2 Å². The number of ether oxygens (including phenoxy) is 1. The molecule has 0 saturated carbocycles. The second-order valence-electron chi connectivity index (χ2n) is 6.06. The molecule has 3 aromatic carbocycles. The summed E-state index contributed by atoms with van der Waals surface area (Å²) in [7, 11) is 1.62. The zero-order valence-corrected chi connectivity index (χ0v) is 15.7. The number of hydrogen-bond acceptors (Lipinski definition) is 3. The average Bonchev–Trinajstić information content (AvgIpc) is 2.67. The van der Waals surface area contributed by atoms with Gasteiger partial charge in [0.15, 0.2) is 0 Å². The second-order valence-corrected chi connectivity index (χ2v) is 7.09. The lowest BCUT2D eigenvalue weighted by Gasteiger charge is -2.15. The molecule has 0 heterocycles. The quantitative estimate of drug-likeness (QED) is 0.535. The number of fused-ring (bicyclic) bond motifs is 1. The number of para-hydroxylation sites is 1. The molecule has 3 rings (SSSR count). The molecule has 0 unspecified atom stereocenters. The Hall–Kier alpha value is -2.60. The van der Waals surface area contributed by atoms with Gasteiger partial charge in [0.2, 0.25) is 5.91 Å². The Morgan fingerprint density at radius 3 is 2.48 bits per heavy atom. The molecule has 0 bridgehead atoms. The van der Waals surface area contributed by atoms with Crippen molar-refractivity contribution in [1.29, 1.82) is 0 Å². The predicted octanol–water partition coefficient (Wildman–Crippen LogP) is 5.91. The van der Waals surface area contributed by atoms with Crippen molar-refractivity contribution in [1.82, 2.24) is 0 Å². The molecule has 1 amide bonds. The van der Waals surface area contributed by atoms with Gasteiger partial charge >= 0.3 is 0 Å². The van der Waals surface area contributed by atoms with Gasteiger partial charge in [-0.25, -0.2) is 0 Å². The van der Waals surface area contributed by atoms with Crippen LogP contribution in [0.15, 0.2) is 65.6 Å². The predicted molar refractivity (Wildman–Crippen MR) is 106 cm³/mol.